The fraction of sp³-hybridized carbons (Fsp3) is 0.462. The Morgan fingerprint density at radius 2 is 2.39 bits per heavy atom. The second-order valence-corrected chi connectivity index (χ2v) is 5.84. The van der Waals surface area contributed by atoms with Crippen molar-refractivity contribution in [3.05, 3.63) is 29.8 Å². The summed E-state index contributed by atoms with van der Waals surface area (Å²) in [7, 11) is -0.877. The molecule has 4 nitrogen and oxygen atoms in total. The van der Waals surface area contributed by atoms with Crippen LogP contribution in [0.4, 0.5) is 5.69 Å². The number of nitrogens with one attached hydrogen (secondary N) is 1. The maximum Gasteiger partial charge on any atom is 0.253 e. The molecular formula is C13H17NO3S. The predicted molar refractivity (Wildman–Crippen MR) is 71.8 cm³/mol. The van der Waals surface area contributed by atoms with Crippen molar-refractivity contribution in [1.82, 2.24) is 0 Å². The Morgan fingerprint density at radius 1 is 1.56 bits per heavy atom. The summed E-state index contributed by atoms with van der Waals surface area (Å²) in [4.78, 5) is 11.9. The van der Waals surface area contributed by atoms with Gasteiger partial charge in [-0.15, -0.1) is 0 Å². The Hall–Kier alpha value is -1.20. The molecular weight excluding hydrogens is 250 g/mol. The SMILES string of the molecule is C[S@](=O)Cc1cccc(NC(=O)[C@H]2CCCO2)c1. The van der Waals surface area contributed by atoms with Crippen LogP contribution in [0, 0.1) is 0 Å². The molecule has 0 unspecified atom stereocenters. The Bertz CT molecular complexity index is 455. The molecule has 0 saturated carbocycles. The molecule has 1 fully saturated rings. The van der Waals surface area contributed by atoms with Crippen LogP contribution in [-0.2, 0) is 26.1 Å². The molecule has 1 heterocycles. The van der Waals surface area contributed by atoms with Crippen LogP contribution in [0.15, 0.2) is 24.3 Å². The maximum absolute atomic E-state index is 11.9. The highest BCUT2D eigenvalue weighted by Crippen LogP contribution is 2.16. The molecule has 2 rings (SSSR count). The highest BCUT2D eigenvalue weighted by molar-refractivity contribution is 7.83. The lowest BCUT2D eigenvalue weighted by molar-refractivity contribution is -0.124. The van der Waals surface area contributed by atoms with Crippen molar-refractivity contribution in [2.75, 3.05) is 18.2 Å². The first-order valence-electron chi connectivity index (χ1n) is 5.96. The maximum atomic E-state index is 11.9. The van der Waals surface area contributed by atoms with Crippen molar-refractivity contribution in [3.63, 3.8) is 0 Å². The summed E-state index contributed by atoms with van der Waals surface area (Å²) < 4.78 is 16.5. The van der Waals surface area contributed by atoms with Crippen LogP contribution in [0.5, 0.6) is 0 Å². The zero-order chi connectivity index (χ0) is 13.0. The van der Waals surface area contributed by atoms with Crippen molar-refractivity contribution in [1.29, 1.82) is 0 Å². The van der Waals surface area contributed by atoms with Gasteiger partial charge in [-0.2, -0.15) is 0 Å². The molecule has 0 aliphatic carbocycles. The number of hydrogen-bond donors (Lipinski definition) is 1. The quantitative estimate of drug-likeness (QED) is 0.903. The number of carbonyl (C=O) groups excluding carboxylic acids is 1. The van der Waals surface area contributed by atoms with Crippen molar-refractivity contribution in [2.45, 2.75) is 24.7 Å². The first kappa shape index (κ1) is 13.2. The summed E-state index contributed by atoms with van der Waals surface area (Å²) in [6.45, 7) is 0.660. The van der Waals surface area contributed by atoms with Crippen LogP contribution in [0.2, 0.25) is 0 Å². The molecule has 0 aromatic heterocycles. The smallest absolute Gasteiger partial charge is 0.253 e. The zero-order valence-corrected chi connectivity index (χ0v) is 11.2. The predicted octanol–water partition coefficient (Wildman–Crippen LogP) is 1.68. The third kappa shape index (κ3) is 3.65. The van der Waals surface area contributed by atoms with Crippen molar-refractivity contribution >= 4 is 22.4 Å². The van der Waals surface area contributed by atoms with E-state index in [1.807, 2.05) is 24.3 Å². The number of rotatable bonds is 4. The largest absolute Gasteiger partial charge is 0.368 e. The summed E-state index contributed by atoms with van der Waals surface area (Å²) in [6.07, 6.45) is 3.06. The summed E-state index contributed by atoms with van der Waals surface area (Å²) in [5, 5.41) is 2.83. The Morgan fingerprint density at radius 3 is 3.06 bits per heavy atom. The zero-order valence-electron chi connectivity index (χ0n) is 10.3. The summed E-state index contributed by atoms with van der Waals surface area (Å²) in [5.74, 6) is 0.408. The molecule has 1 aliphatic heterocycles. The lowest BCUT2D eigenvalue weighted by Crippen LogP contribution is -2.26. The van der Waals surface area contributed by atoms with Gasteiger partial charge in [-0.05, 0) is 30.5 Å². The average molecular weight is 267 g/mol. The van der Waals surface area contributed by atoms with E-state index in [0.717, 1.165) is 24.1 Å². The van der Waals surface area contributed by atoms with Gasteiger partial charge in [0.15, 0.2) is 0 Å². The van der Waals surface area contributed by atoms with E-state index in [1.165, 1.54) is 0 Å². The minimum absolute atomic E-state index is 0.0951. The average Bonchev–Trinajstić information content (AvgIpc) is 2.81. The molecule has 1 amide bonds. The van der Waals surface area contributed by atoms with Crippen LogP contribution in [0.1, 0.15) is 18.4 Å². The van der Waals surface area contributed by atoms with Crippen molar-refractivity contribution in [3.8, 4) is 0 Å². The fourth-order valence-electron chi connectivity index (χ4n) is 1.98. The summed E-state index contributed by atoms with van der Waals surface area (Å²) in [5.41, 5.74) is 1.69. The van der Waals surface area contributed by atoms with Gasteiger partial charge in [0.1, 0.15) is 6.10 Å². The Labute approximate surface area is 109 Å². The molecule has 5 heteroatoms. The van der Waals surface area contributed by atoms with Gasteiger partial charge in [-0.3, -0.25) is 9.00 Å². The Balaban J connectivity index is 2.00. The lowest BCUT2D eigenvalue weighted by atomic mass is 10.2. The van der Waals surface area contributed by atoms with E-state index in [2.05, 4.69) is 5.32 Å². The Kier molecular flexibility index (Phi) is 4.49. The molecule has 18 heavy (non-hydrogen) atoms. The minimum atomic E-state index is -0.877. The third-order valence-corrected chi connectivity index (χ3v) is 3.53. The van der Waals surface area contributed by atoms with E-state index in [0.29, 0.717) is 12.4 Å². The van der Waals surface area contributed by atoms with Gasteiger partial charge in [0.05, 0.1) is 0 Å². The van der Waals surface area contributed by atoms with Crippen molar-refractivity contribution in [2.24, 2.45) is 0 Å². The van der Waals surface area contributed by atoms with Gasteiger partial charge >= 0.3 is 0 Å². The fourth-order valence-corrected chi connectivity index (χ4v) is 2.63. The van der Waals surface area contributed by atoms with Gasteiger partial charge in [0, 0.05) is 35.1 Å². The van der Waals surface area contributed by atoms with E-state index in [1.54, 1.807) is 6.26 Å². The number of benzene rings is 1. The first-order valence-corrected chi connectivity index (χ1v) is 7.69. The summed E-state index contributed by atoms with van der Waals surface area (Å²) >= 11 is 0. The van der Waals surface area contributed by atoms with Crippen LogP contribution in [0.25, 0.3) is 0 Å². The number of ether oxygens (including phenoxy) is 1. The normalized spacial score (nSPS) is 20.6. The van der Waals surface area contributed by atoms with Gasteiger partial charge in [0.25, 0.3) is 5.91 Å². The molecule has 98 valence electrons. The molecule has 2 atom stereocenters. The third-order valence-electron chi connectivity index (χ3n) is 2.79. The highest BCUT2D eigenvalue weighted by atomic mass is 32.2. The first-order chi connectivity index (χ1) is 8.65. The highest BCUT2D eigenvalue weighted by Gasteiger charge is 2.23. The monoisotopic (exact) mass is 267 g/mol. The molecule has 1 N–H and O–H groups in total. The van der Waals surface area contributed by atoms with Gasteiger partial charge in [-0.1, -0.05) is 12.1 Å². The number of amides is 1. The van der Waals surface area contributed by atoms with E-state index in [4.69, 9.17) is 4.74 Å². The molecule has 0 spiro atoms. The van der Waals surface area contributed by atoms with Gasteiger partial charge in [0.2, 0.25) is 0 Å². The number of hydrogen-bond acceptors (Lipinski definition) is 3. The van der Waals surface area contributed by atoms with E-state index in [-0.39, 0.29) is 12.0 Å². The number of anilines is 1. The molecule has 1 aromatic carbocycles. The van der Waals surface area contributed by atoms with Crippen LogP contribution in [0.3, 0.4) is 0 Å². The van der Waals surface area contributed by atoms with Gasteiger partial charge in [-0.25, -0.2) is 0 Å². The van der Waals surface area contributed by atoms with Gasteiger partial charge < -0.3 is 10.1 Å². The minimum Gasteiger partial charge on any atom is -0.368 e. The molecule has 1 aliphatic rings. The standard InChI is InChI=1S/C13H17NO3S/c1-18(16)9-10-4-2-5-11(8-10)14-13(15)12-6-3-7-17-12/h2,4-5,8,12H,3,6-7,9H2,1H3,(H,14,15)/t12-,18+/m1/s1. The second kappa shape index (κ2) is 6.11. The lowest BCUT2D eigenvalue weighted by Gasteiger charge is -2.11. The van der Waals surface area contributed by atoms with Crippen molar-refractivity contribution < 1.29 is 13.7 Å². The van der Waals surface area contributed by atoms with Crippen LogP contribution in [-0.4, -0.2) is 29.1 Å². The topological polar surface area (TPSA) is 55.4 Å². The van der Waals surface area contributed by atoms with Crippen LogP contribution < -0.4 is 5.32 Å². The summed E-state index contributed by atoms with van der Waals surface area (Å²) in [6, 6.07) is 7.44. The van der Waals surface area contributed by atoms with E-state index in [9.17, 15) is 9.00 Å². The second-order valence-electron chi connectivity index (χ2n) is 4.41. The molecule has 0 radical (unpaired) electrons. The number of carbonyl (C=O) groups is 1. The van der Waals surface area contributed by atoms with E-state index < -0.39 is 10.8 Å². The molecule has 1 aromatic rings. The van der Waals surface area contributed by atoms with E-state index >= 15 is 0 Å². The van der Waals surface area contributed by atoms with Crippen LogP contribution >= 0.6 is 0 Å². The molecule has 0 bridgehead atoms. The molecule has 1 saturated heterocycles.